The number of benzene rings is 2. The zero-order valence-electron chi connectivity index (χ0n) is 20.9. The number of halogens is 2. The van der Waals surface area contributed by atoms with E-state index in [0.717, 1.165) is 11.3 Å². The number of rotatable bonds is 4. The monoisotopic (exact) mass is 556 g/mol. The van der Waals surface area contributed by atoms with Crippen LogP contribution in [-0.4, -0.2) is 32.5 Å². The lowest BCUT2D eigenvalue weighted by molar-refractivity contribution is 0.0636. The lowest BCUT2D eigenvalue weighted by Crippen LogP contribution is -2.27. The molecule has 12 heteroatoms. The Bertz CT molecular complexity index is 1680. The molecular weight excluding hydrogens is 534 g/mol. The molecule has 2 aromatic heterocycles. The van der Waals surface area contributed by atoms with Gasteiger partial charge in [0.25, 0.3) is 0 Å². The largest absolute Gasteiger partial charge is 0.493 e. The van der Waals surface area contributed by atoms with E-state index in [1.54, 1.807) is 20.8 Å². The number of nitrogens with one attached hydrogen (secondary N) is 1. The molecule has 4 aromatic rings. The average molecular weight is 557 g/mol. The first-order valence-electron chi connectivity index (χ1n) is 11.6. The summed E-state index contributed by atoms with van der Waals surface area (Å²) in [5.41, 5.74) is 0.418. The summed E-state index contributed by atoms with van der Waals surface area (Å²) in [6.45, 7) is 7.09. The molecule has 0 saturated carbocycles. The van der Waals surface area contributed by atoms with E-state index >= 15 is 8.78 Å². The maximum absolute atomic E-state index is 16.3. The van der Waals surface area contributed by atoms with Crippen molar-refractivity contribution in [1.82, 2.24) is 9.97 Å². The number of anilines is 1. The van der Waals surface area contributed by atoms with Gasteiger partial charge in [-0.05, 0) is 49.3 Å². The number of nitriles is 1. The third-order valence-corrected chi connectivity index (χ3v) is 7.66. The van der Waals surface area contributed by atoms with Gasteiger partial charge in [0.15, 0.2) is 11.0 Å². The number of thiophene rings is 1. The smallest absolute Gasteiger partial charge is 0.412 e. The van der Waals surface area contributed by atoms with E-state index < -0.39 is 23.3 Å². The van der Waals surface area contributed by atoms with Crippen molar-refractivity contribution in [3.05, 3.63) is 40.5 Å². The average Bonchev–Trinajstić information content (AvgIpc) is 3.44. The molecule has 0 fully saturated rings. The van der Waals surface area contributed by atoms with Crippen molar-refractivity contribution < 1.29 is 28.2 Å². The summed E-state index contributed by atoms with van der Waals surface area (Å²) in [5.74, 6) is -1.11. The molecule has 3 heterocycles. The molecule has 1 amide bonds. The highest BCUT2D eigenvalue weighted by molar-refractivity contribution is 7.99. The number of fused-ring (bicyclic) bond motifs is 4. The Morgan fingerprint density at radius 2 is 2.00 bits per heavy atom. The summed E-state index contributed by atoms with van der Waals surface area (Å²) < 4.78 is 42.4. The van der Waals surface area contributed by atoms with Gasteiger partial charge in [-0.1, -0.05) is 24.8 Å². The van der Waals surface area contributed by atoms with Gasteiger partial charge in [-0.2, -0.15) is 10.2 Å². The van der Waals surface area contributed by atoms with Crippen molar-refractivity contribution in [1.29, 1.82) is 5.26 Å². The number of aromatic nitrogens is 2. The number of carbonyl (C=O) groups excluding carboxylic acids is 1. The minimum atomic E-state index is -0.804. The van der Waals surface area contributed by atoms with Gasteiger partial charge in [-0.25, -0.2) is 18.6 Å². The first kappa shape index (κ1) is 26.1. The maximum atomic E-state index is 16.3. The van der Waals surface area contributed by atoms with Crippen molar-refractivity contribution in [2.24, 2.45) is 0 Å². The summed E-state index contributed by atoms with van der Waals surface area (Å²) >= 11 is 2.11. The highest BCUT2D eigenvalue weighted by Crippen LogP contribution is 2.47. The highest BCUT2D eigenvalue weighted by atomic mass is 32.2. The summed E-state index contributed by atoms with van der Waals surface area (Å²) in [6, 6.07) is 4.62. The van der Waals surface area contributed by atoms with Gasteiger partial charge in [0.05, 0.1) is 28.9 Å². The third-order valence-electron chi connectivity index (χ3n) is 5.82. The van der Waals surface area contributed by atoms with Gasteiger partial charge in [0.1, 0.15) is 28.0 Å². The van der Waals surface area contributed by atoms with Gasteiger partial charge in [-0.15, -0.1) is 11.3 Å². The fourth-order valence-electron chi connectivity index (χ4n) is 4.44. The van der Waals surface area contributed by atoms with E-state index in [2.05, 4.69) is 15.3 Å². The Morgan fingerprint density at radius 3 is 2.68 bits per heavy atom. The van der Waals surface area contributed by atoms with Crippen LogP contribution in [0.3, 0.4) is 0 Å². The fraction of sp³-hybridized carbons (Fsp3) is 0.308. The second kappa shape index (κ2) is 9.65. The van der Waals surface area contributed by atoms with Crippen LogP contribution in [0.4, 0.5) is 18.6 Å². The predicted molar refractivity (Wildman–Crippen MR) is 141 cm³/mol. The number of ether oxygens (including phenoxy) is 2. The Labute approximate surface area is 224 Å². The van der Waals surface area contributed by atoms with Crippen LogP contribution in [-0.2, 0) is 22.7 Å². The van der Waals surface area contributed by atoms with Gasteiger partial charge in [-0.3, -0.25) is 5.32 Å². The van der Waals surface area contributed by atoms with E-state index in [9.17, 15) is 15.2 Å². The van der Waals surface area contributed by atoms with E-state index in [-0.39, 0.29) is 66.9 Å². The molecule has 5 rings (SSSR count). The van der Waals surface area contributed by atoms with Crippen molar-refractivity contribution in [3.8, 4) is 23.1 Å². The number of thioether (sulfide) groups is 1. The summed E-state index contributed by atoms with van der Waals surface area (Å²) in [7, 11) is 0. The van der Waals surface area contributed by atoms with Crippen LogP contribution in [0, 0.1) is 23.0 Å². The van der Waals surface area contributed by atoms with Crippen molar-refractivity contribution in [2.75, 3.05) is 11.1 Å². The van der Waals surface area contributed by atoms with E-state index in [1.807, 2.05) is 13.0 Å². The highest BCUT2D eigenvalue weighted by Gasteiger charge is 2.31. The van der Waals surface area contributed by atoms with Crippen LogP contribution in [0.2, 0.25) is 0 Å². The Balaban J connectivity index is 1.79. The zero-order chi connectivity index (χ0) is 27.4. The first-order chi connectivity index (χ1) is 18.0. The standard InChI is InChI=1S/C26H22F2N4O4S2/c1-5-37-24-30-20-18(22(33)31-24)14-10-35-9-13(14)16(19(20)28)11-6-7-15(27)21-17(11)12(8-29)23(38-21)32-25(34)36-26(2,3)4/h6-7H,5,9-10H2,1-4H3,(H,32,34)(H,30,31,33). The molecule has 0 aliphatic carbocycles. The molecule has 0 saturated heterocycles. The summed E-state index contributed by atoms with van der Waals surface area (Å²) in [6.07, 6.45) is -0.804. The number of hydrogen-bond donors (Lipinski definition) is 2. The molecule has 0 radical (unpaired) electrons. The molecule has 2 N–H and O–H groups in total. The number of amides is 1. The quantitative estimate of drug-likeness (QED) is 0.207. The number of carbonyl (C=O) groups is 1. The molecule has 38 heavy (non-hydrogen) atoms. The second-order valence-corrected chi connectivity index (χ2v) is 11.7. The van der Waals surface area contributed by atoms with Gasteiger partial charge >= 0.3 is 6.09 Å². The van der Waals surface area contributed by atoms with E-state index in [4.69, 9.17) is 9.47 Å². The van der Waals surface area contributed by atoms with Crippen molar-refractivity contribution in [3.63, 3.8) is 0 Å². The topological polar surface area (TPSA) is 117 Å². The van der Waals surface area contributed by atoms with E-state index in [0.29, 0.717) is 16.9 Å². The van der Waals surface area contributed by atoms with Crippen molar-refractivity contribution >= 4 is 55.2 Å². The second-order valence-electron chi connectivity index (χ2n) is 9.47. The third kappa shape index (κ3) is 4.40. The molecule has 8 nitrogen and oxygen atoms in total. The van der Waals surface area contributed by atoms with Gasteiger partial charge in [0, 0.05) is 10.9 Å². The van der Waals surface area contributed by atoms with Gasteiger partial charge < -0.3 is 14.6 Å². The predicted octanol–water partition coefficient (Wildman–Crippen LogP) is 6.86. The number of hydrogen-bond acceptors (Lipinski definition) is 9. The SMILES string of the molecule is CCSc1nc(O)c2c3c(c(-c4ccc(F)c5sc(NC(=O)OC(C)(C)C)c(C#N)c45)c(F)c2n1)COC3. The normalized spacial score (nSPS) is 13.1. The zero-order valence-corrected chi connectivity index (χ0v) is 22.5. The van der Waals surface area contributed by atoms with Crippen LogP contribution in [0.1, 0.15) is 44.4 Å². The molecule has 196 valence electrons. The fourth-order valence-corrected chi connectivity index (χ4v) is 6.07. The maximum Gasteiger partial charge on any atom is 0.412 e. The first-order valence-corrected chi connectivity index (χ1v) is 13.4. The van der Waals surface area contributed by atoms with Crippen LogP contribution in [0.25, 0.3) is 32.1 Å². The molecule has 1 aliphatic heterocycles. The Morgan fingerprint density at radius 1 is 1.26 bits per heavy atom. The molecular formula is C26H22F2N4O4S2. The van der Waals surface area contributed by atoms with Crippen LogP contribution >= 0.6 is 23.1 Å². The number of aromatic hydroxyl groups is 1. The Kier molecular flexibility index (Phi) is 6.63. The van der Waals surface area contributed by atoms with Crippen LogP contribution in [0.5, 0.6) is 5.88 Å². The molecule has 2 aromatic carbocycles. The van der Waals surface area contributed by atoms with Crippen molar-refractivity contribution in [2.45, 2.75) is 51.7 Å². The van der Waals surface area contributed by atoms with Crippen LogP contribution in [0.15, 0.2) is 17.3 Å². The lowest BCUT2D eigenvalue weighted by atomic mass is 9.90. The van der Waals surface area contributed by atoms with E-state index in [1.165, 1.54) is 23.9 Å². The molecule has 0 spiro atoms. The number of nitrogens with zero attached hydrogens (tertiary/aromatic N) is 3. The lowest BCUT2D eigenvalue weighted by Gasteiger charge is -2.19. The summed E-state index contributed by atoms with van der Waals surface area (Å²) in [4.78, 5) is 20.9. The minimum Gasteiger partial charge on any atom is -0.493 e. The molecule has 0 unspecified atom stereocenters. The van der Waals surface area contributed by atoms with Gasteiger partial charge in [0.2, 0.25) is 5.88 Å². The summed E-state index contributed by atoms with van der Waals surface area (Å²) in [5, 5.41) is 23.8. The molecule has 1 aliphatic rings. The van der Waals surface area contributed by atoms with Crippen LogP contribution < -0.4 is 5.32 Å². The molecule has 0 bridgehead atoms. The molecule has 0 atom stereocenters. The Hall–Kier alpha value is -3.53. The minimum absolute atomic E-state index is 0.0229.